The second-order valence-corrected chi connectivity index (χ2v) is 7.93. The molecule has 3 heterocycles. The highest BCUT2D eigenvalue weighted by molar-refractivity contribution is 5.98. The Morgan fingerprint density at radius 3 is 2.61 bits per heavy atom. The molecular formula is C23H28ClN5O2. The summed E-state index contributed by atoms with van der Waals surface area (Å²) in [4.78, 5) is 35.5. The van der Waals surface area contributed by atoms with E-state index in [-0.39, 0.29) is 30.1 Å². The van der Waals surface area contributed by atoms with Gasteiger partial charge in [-0.25, -0.2) is 0 Å². The molecule has 0 bridgehead atoms. The molecule has 1 aromatic carbocycles. The van der Waals surface area contributed by atoms with Gasteiger partial charge in [-0.3, -0.25) is 14.6 Å². The van der Waals surface area contributed by atoms with Crippen molar-refractivity contribution >= 4 is 40.8 Å². The van der Waals surface area contributed by atoms with Crippen molar-refractivity contribution in [3.8, 4) is 0 Å². The highest BCUT2D eigenvalue weighted by atomic mass is 35.5. The molecule has 0 aliphatic carbocycles. The minimum Gasteiger partial charge on any atom is -0.361 e. The minimum atomic E-state index is -0.662. The lowest BCUT2D eigenvalue weighted by Gasteiger charge is -2.29. The van der Waals surface area contributed by atoms with Crippen LogP contribution in [0, 0.1) is 5.92 Å². The Balaban J connectivity index is 0.00000272. The fourth-order valence-corrected chi connectivity index (χ4v) is 3.95. The lowest BCUT2D eigenvalue weighted by Crippen LogP contribution is -2.49. The van der Waals surface area contributed by atoms with E-state index in [1.165, 1.54) is 0 Å². The number of amides is 2. The monoisotopic (exact) mass is 441 g/mol. The molecule has 0 unspecified atom stereocenters. The largest absolute Gasteiger partial charge is 0.361 e. The normalized spacial score (nSPS) is 15.8. The lowest BCUT2D eigenvalue weighted by molar-refractivity contribution is -0.130. The van der Waals surface area contributed by atoms with Crippen molar-refractivity contribution in [3.63, 3.8) is 0 Å². The summed E-state index contributed by atoms with van der Waals surface area (Å²) in [5, 5.41) is 6.99. The van der Waals surface area contributed by atoms with Crippen molar-refractivity contribution in [2.24, 2.45) is 5.92 Å². The summed E-state index contributed by atoms with van der Waals surface area (Å²) in [6, 6.07) is 10.8. The summed E-state index contributed by atoms with van der Waals surface area (Å²) in [5.41, 5.74) is 2.68. The van der Waals surface area contributed by atoms with Crippen molar-refractivity contribution in [1.82, 2.24) is 20.2 Å². The van der Waals surface area contributed by atoms with Gasteiger partial charge < -0.3 is 20.5 Å². The van der Waals surface area contributed by atoms with Crippen LogP contribution in [-0.4, -0.2) is 52.9 Å². The summed E-state index contributed by atoms with van der Waals surface area (Å²) in [6.45, 7) is 1.79. The van der Waals surface area contributed by atoms with Gasteiger partial charge in [0.25, 0.3) is 0 Å². The van der Waals surface area contributed by atoms with Crippen LogP contribution in [0.5, 0.6) is 0 Å². The van der Waals surface area contributed by atoms with E-state index in [0.717, 1.165) is 42.4 Å². The number of hydrogen-bond acceptors (Lipinski definition) is 4. The number of hydrogen-bond donors (Lipinski definition) is 3. The third-order valence-corrected chi connectivity index (χ3v) is 5.77. The predicted molar refractivity (Wildman–Crippen MR) is 124 cm³/mol. The fourth-order valence-electron chi connectivity index (χ4n) is 3.95. The zero-order valence-corrected chi connectivity index (χ0v) is 18.3. The molecule has 2 amide bonds. The molecule has 1 fully saturated rings. The fraction of sp³-hybridized carbons (Fsp3) is 0.348. The van der Waals surface area contributed by atoms with Gasteiger partial charge in [-0.15, -0.1) is 12.4 Å². The Bertz CT molecular complexity index is 1010. The molecule has 3 aromatic rings. The van der Waals surface area contributed by atoms with Crippen molar-refractivity contribution in [2.75, 3.05) is 25.5 Å². The van der Waals surface area contributed by atoms with Crippen LogP contribution in [0.1, 0.15) is 18.4 Å². The van der Waals surface area contributed by atoms with Gasteiger partial charge in [-0.05, 0) is 56.7 Å². The number of H-pyrrole nitrogens is 1. The van der Waals surface area contributed by atoms with Crippen LogP contribution in [0.4, 0.5) is 5.69 Å². The molecule has 7 nitrogen and oxygen atoms in total. The summed E-state index contributed by atoms with van der Waals surface area (Å²) in [6.07, 6.45) is 7.21. The highest BCUT2D eigenvalue weighted by Crippen LogP contribution is 2.21. The molecule has 3 N–H and O–H groups in total. The van der Waals surface area contributed by atoms with Crippen LogP contribution >= 0.6 is 12.4 Å². The topological polar surface area (TPSA) is 90.1 Å². The number of anilines is 1. The van der Waals surface area contributed by atoms with Gasteiger partial charge in [-0.1, -0.05) is 18.2 Å². The smallest absolute Gasteiger partial charge is 0.247 e. The molecular weight excluding hydrogens is 414 g/mol. The molecule has 164 valence electrons. The number of fused-ring (bicyclic) bond motifs is 1. The van der Waals surface area contributed by atoms with Crippen LogP contribution < -0.4 is 10.6 Å². The summed E-state index contributed by atoms with van der Waals surface area (Å²) < 4.78 is 0. The van der Waals surface area contributed by atoms with E-state index in [1.807, 2.05) is 30.5 Å². The number of aromatic nitrogens is 2. The van der Waals surface area contributed by atoms with E-state index in [4.69, 9.17) is 0 Å². The molecule has 0 spiro atoms. The summed E-state index contributed by atoms with van der Waals surface area (Å²) in [5.74, 6) is -0.328. The van der Waals surface area contributed by atoms with E-state index >= 15 is 0 Å². The number of pyridine rings is 1. The first kappa shape index (κ1) is 22.8. The van der Waals surface area contributed by atoms with Gasteiger partial charge >= 0.3 is 0 Å². The Morgan fingerprint density at radius 1 is 1.16 bits per heavy atom. The maximum atomic E-state index is 13.1. The molecule has 1 atom stereocenters. The van der Waals surface area contributed by atoms with E-state index in [2.05, 4.69) is 32.5 Å². The van der Waals surface area contributed by atoms with Crippen LogP contribution in [-0.2, 0) is 16.0 Å². The van der Waals surface area contributed by atoms with Gasteiger partial charge in [0.1, 0.15) is 6.04 Å². The molecule has 31 heavy (non-hydrogen) atoms. The average Bonchev–Trinajstić information content (AvgIpc) is 3.17. The Morgan fingerprint density at radius 2 is 1.87 bits per heavy atom. The number of nitrogens with one attached hydrogen (secondary N) is 3. The van der Waals surface area contributed by atoms with Crippen molar-refractivity contribution in [3.05, 3.63) is 60.6 Å². The van der Waals surface area contributed by atoms with Crippen LogP contribution in [0.15, 0.2) is 55.0 Å². The van der Waals surface area contributed by atoms with Gasteiger partial charge in [-0.2, -0.15) is 0 Å². The third-order valence-electron chi connectivity index (χ3n) is 5.77. The molecule has 1 aliphatic heterocycles. The van der Waals surface area contributed by atoms with Crippen molar-refractivity contribution < 1.29 is 9.59 Å². The third kappa shape index (κ3) is 5.62. The van der Waals surface area contributed by atoms with Gasteiger partial charge in [0.2, 0.25) is 11.8 Å². The molecule has 2 aromatic heterocycles. The minimum absolute atomic E-state index is 0. The molecule has 0 radical (unpaired) electrons. The standard InChI is InChI=1S/C23H27N5O2.ClH/c1-28-12-8-16(9-13-28)22(29)27-21(23(30)26-18-6-10-24-11-7-18)14-17-15-25-20-5-3-2-4-19(17)20;/h2-7,10-11,15-16,21,25H,8-9,12-14H2,1H3,(H,27,29)(H,24,26,30);1H/t21-;/m0./s1. The van der Waals surface area contributed by atoms with E-state index in [9.17, 15) is 9.59 Å². The number of halogens is 1. The zero-order valence-electron chi connectivity index (χ0n) is 17.5. The average molecular weight is 442 g/mol. The predicted octanol–water partition coefficient (Wildman–Crippen LogP) is 2.99. The first-order valence-electron chi connectivity index (χ1n) is 10.3. The van der Waals surface area contributed by atoms with Crippen LogP contribution in [0.3, 0.4) is 0 Å². The summed E-state index contributed by atoms with van der Waals surface area (Å²) in [7, 11) is 2.07. The van der Waals surface area contributed by atoms with Gasteiger partial charge in [0, 0.05) is 47.5 Å². The number of benzene rings is 1. The Kier molecular flexibility index (Phi) is 7.65. The molecule has 1 aliphatic rings. The number of likely N-dealkylation sites (tertiary alicyclic amines) is 1. The number of rotatable bonds is 6. The quantitative estimate of drug-likeness (QED) is 0.548. The number of carbonyl (C=O) groups excluding carboxylic acids is 2. The molecule has 1 saturated heterocycles. The highest BCUT2D eigenvalue weighted by Gasteiger charge is 2.28. The maximum Gasteiger partial charge on any atom is 0.247 e. The second-order valence-electron chi connectivity index (χ2n) is 7.93. The summed E-state index contributed by atoms with van der Waals surface area (Å²) >= 11 is 0. The van der Waals surface area contributed by atoms with Gasteiger partial charge in [0.05, 0.1) is 0 Å². The van der Waals surface area contributed by atoms with E-state index in [0.29, 0.717) is 12.1 Å². The number of aromatic amines is 1. The number of para-hydroxylation sites is 1. The number of piperidine rings is 1. The first-order chi connectivity index (χ1) is 14.6. The number of carbonyl (C=O) groups is 2. The number of nitrogens with zero attached hydrogens (tertiary/aromatic N) is 2. The zero-order chi connectivity index (χ0) is 20.9. The Hall–Kier alpha value is -2.90. The molecule has 0 saturated carbocycles. The Labute approximate surface area is 188 Å². The van der Waals surface area contributed by atoms with Gasteiger partial charge in [0.15, 0.2) is 0 Å². The molecule has 4 rings (SSSR count). The van der Waals surface area contributed by atoms with Crippen molar-refractivity contribution in [2.45, 2.75) is 25.3 Å². The van der Waals surface area contributed by atoms with Crippen molar-refractivity contribution in [1.29, 1.82) is 0 Å². The van der Waals surface area contributed by atoms with E-state index in [1.54, 1.807) is 24.5 Å². The van der Waals surface area contributed by atoms with E-state index < -0.39 is 6.04 Å². The van der Waals surface area contributed by atoms with Crippen LogP contribution in [0.2, 0.25) is 0 Å². The second kappa shape index (κ2) is 10.4. The lowest BCUT2D eigenvalue weighted by atomic mass is 9.95. The molecule has 8 heteroatoms. The SMILES string of the molecule is CN1CCC(C(=O)N[C@@H](Cc2c[nH]c3ccccc23)C(=O)Nc2ccncc2)CC1.Cl. The maximum absolute atomic E-state index is 13.1. The van der Waals surface area contributed by atoms with Crippen LogP contribution in [0.25, 0.3) is 10.9 Å². The first-order valence-corrected chi connectivity index (χ1v) is 10.3.